The zero-order valence-electron chi connectivity index (χ0n) is 9.28. The monoisotopic (exact) mass is 251 g/mol. The maximum atomic E-state index is 11.8. The van der Waals surface area contributed by atoms with E-state index < -0.39 is 0 Å². The van der Waals surface area contributed by atoms with Crippen LogP contribution in [0.15, 0.2) is 12.3 Å². The number of hydrogen-bond donors (Lipinski definition) is 2. The van der Waals surface area contributed by atoms with E-state index in [-0.39, 0.29) is 17.0 Å². The van der Waals surface area contributed by atoms with E-state index in [2.05, 4.69) is 25.5 Å². The van der Waals surface area contributed by atoms with Gasteiger partial charge in [-0.3, -0.25) is 15.2 Å². The van der Waals surface area contributed by atoms with Crippen molar-refractivity contribution in [3.05, 3.63) is 34.4 Å². The number of anilines is 1. The molecule has 2 aromatic heterocycles. The molecule has 0 bridgehead atoms. The van der Waals surface area contributed by atoms with Gasteiger partial charge in [0.05, 0.1) is 11.8 Å². The van der Waals surface area contributed by atoms with Crippen molar-refractivity contribution in [1.82, 2.24) is 20.2 Å². The van der Waals surface area contributed by atoms with E-state index in [1.807, 2.05) is 0 Å². The quantitative estimate of drug-likeness (QED) is 0.796. The number of nitrogens with zero attached hydrogens (tertiary/aromatic N) is 3. The van der Waals surface area contributed by atoms with Gasteiger partial charge in [-0.2, -0.15) is 5.10 Å². The lowest BCUT2D eigenvalue weighted by Crippen LogP contribution is -2.15. The Bertz CT molecular complexity index is 545. The standard InChI is InChI=1S/C10H10ClN5O/c1-5-3-8(11)14-10(13-5)15-9(17)7-4-12-16-6(7)2/h3-4H,1-2H3,(H,12,16)(H,13,14,15,17). The molecule has 0 saturated carbocycles. The van der Waals surface area contributed by atoms with E-state index >= 15 is 0 Å². The van der Waals surface area contributed by atoms with Crippen molar-refractivity contribution in [3.8, 4) is 0 Å². The first-order valence-electron chi connectivity index (χ1n) is 4.89. The SMILES string of the molecule is Cc1cc(Cl)nc(NC(=O)c2cn[nH]c2C)n1. The molecule has 0 unspecified atom stereocenters. The Balaban J connectivity index is 2.21. The van der Waals surface area contributed by atoms with Crippen molar-refractivity contribution in [1.29, 1.82) is 0 Å². The summed E-state index contributed by atoms with van der Waals surface area (Å²) in [4.78, 5) is 19.8. The third kappa shape index (κ3) is 2.59. The van der Waals surface area contributed by atoms with Crippen molar-refractivity contribution in [2.24, 2.45) is 0 Å². The molecule has 0 radical (unpaired) electrons. The van der Waals surface area contributed by atoms with Crippen molar-refractivity contribution in [3.63, 3.8) is 0 Å². The molecule has 2 N–H and O–H groups in total. The molecule has 2 heterocycles. The molecule has 7 heteroatoms. The summed E-state index contributed by atoms with van der Waals surface area (Å²) < 4.78 is 0. The Morgan fingerprint density at radius 2 is 2.18 bits per heavy atom. The lowest BCUT2D eigenvalue weighted by Gasteiger charge is -2.03. The highest BCUT2D eigenvalue weighted by Crippen LogP contribution is 2.11. The molecule has 2 aromatic rings. The lowest BCUT2D eigenvalue weighted by atomic mass is 10.2. The van der Waals surface area contributed by atoms with Gasteiger partial charge < -0.3 is 0 Å². The fourth-order valence-corrected chi connectivity index (χ4v) is 1.57. The lowest BCUT2D eigenvalue weighted by molar-refractivity contribution is 0.102. The van der Waals surface area contributed by atoms with Crippen molar-refractivity contribution in [2.75, 3.05) is 5.32 Å². The van der Waals surface area contributed by atoms with Gasteiger partial charge in [-0.15, -0.1) is 0 Å². The summed E-state index contributed by atoms with van der Waals surface area (Å²) in [6.45, 7) is 3.53. The van der Waals surface area contributed by atoms with Crippen LogP contribution in [0, 0.1) is 13.8 Å². The molecule has 0 atom stereocenters. The van der Waals surface area contributed by atoms with Crippen LogP contribution in [0.25, 0.3) is 0 Å². The zero-order valence-corrected chi connectivity index (χ0v) is 10.0. The normalized spacial score (nSPS) is 10.3. The van der Waals surface area contributed by atoms with Crippen LogP contribution < -0.4 is 5.32 Å². The Morgan fingerprint density at radius 3 is 2.76 bits per heavy atom. The van der Waals surface area contributed by atoms with Crippen LogP contribution in [0.3, 0.4) is 0 Å². The number of H-pyrrole nitrogens is 1. The van der Waals surface area contributed by atoms with Gasteiger partial charge in [-0.1, -0.05) is 11.6 Å². The molecule has 17 heavy (non-hydrogen) atoms. The number of aryl methyl sites for hydroxylation is 2. The highest BCUT2D eigenvalue weighted by molar-refractivity contribution is 6.29. The number of halogens is 1. The zero-order chi connectivity index (χ0) is 12.4. The van der Waals surface area contributed by atoms with Gasteiger partial charge in [0.25, 0.3) is 5.91 Å². The third-order valence-electron chi connectivity index (χ3n) is 2.12. The first-order valence-corrected chi connectivity index (χ1v) is 5.26. The first kappa shape index (κ1) is 11.5. The molecule has 0 aliphatic carbocycles. The summed E-state index contributed by atoms with van der Waals surface area (Å²) in [6.07, 6.45) is 1.45. The van der Waals surface area contributed by atoms with Crippen molar-refractivity contribution < 1.29 is 4.79 Å². The van der Waals surface area contributed by atoms with Gasteiger partial charge in [0, 0.05) is 11.4 Å². The van der Waals surface area contributed by atoms with Crippen LogP contribution >= 0.6 is 11.6 Å². The Kier molecular flexibility index (Phi) is 3.06. The van der Waals surface area contributed by atoms with Crippen molar-refractivity contribution >= 4 is 23.5 Å². The smallest absolute Gasteiger partial charge is 0.261 e. The Morgan fingerprint density at radius 1 is 1.41 bits per heavy atom. The molecular weight excluding hydrogens is 242 g/mol. The second kappa shape index (κ2) is 4.50. The molecule has 1 amide bonds. The van der Waals surface area contributed by atoms with Gasteiger partial charge in [-0.05, 0) is 19.9 Å². The third-order valence-corrected chi connectivity index (χ3v) is 2.32. The topological polar surface area (TPSA) is 83.6 Å². The highest BCUT2D eigenvalue weighted by atomic mass is 35.5. The fourth-order valence-electron chi connectivity index (χ4n) is 1.33. The number of rotatable bonds is 2. The molecule has 6 nitrogen and oxygen atoms in total. The second-order valence-electron chi connectivity index (χ2n) is 3.52. The van der Waals surface area contributed by atoms with Gasteiger partial charge in [0.2, 0.25) is 5.95 Å². The van der Waals surface area contributed by atoms with Crippen LogP contribution in [0.4, 0.5) is 5.95 Å². The molecule has 0 saturated heterocycles. The van der Waals surface area contributed by atoms with Crippen LogP contribution in [0.1, 0.15) is 21.7 Å². The summed E-state index contributed by atoms with van der Waals surface area (Å²) in [6, 6.07) is 1.61. The minimum atomic E-state index is -0.321. The molecule has 0 aromatic carbocycles. The van der Waals surface area contributed by atoms with Crippen LogP contribution in [-0.4, -0.2) is 26.1 Å². The number of aromatic amines is 1. The molecule has 2 rings (SSSR count). The van der Waals surface area contributed by atoms with E-state index in [4.69, 9.17) is 11.6 Å². The van der Waals surface area contributed by atoms with Gasteiger partial charge in [0.1, 0.15) is 5.15 Å². The number of aromatic nitrogens is 4. The molecule has 0 aliphatic rings. The van der Waals surface area contributed by atoms with Crippen LogP contribution in [0.5, 0.6) is 0 Å². The number of carbonyl (C=O) groups is 1. The average molecular weight is 252 g/mol. The summed E-state index contributed by atoms with van der Waals surface area (Å²) >= 11 is 5.77. The fraction of sp³-hybridized carbons (Fsp3) is 0.200. The van der Waals surface area contributed by atoms with E-state index in [9.17, 15) is 4.79 Å². The summed E-state index contributed by atoms with van der Waals surface area (Å²) in [5, 5.41) is 9.30. The summed E-state index contributed by atoms with van der Waals surface area (Å²) in [5.74, 6) is -0.140. The number of nitrogens with one attached hydrogen (secondary N) is 2. The second-order valence-corrected chi connectivity index (χ2v) is 3.91. The molecular formula is C10H10ClN5O. The van der Waals surface area contributed by atoms with Crippen LogP contribution in [-0.2, 0) is 0 Å². The van der Waals surface area contributed by atoms with E-state index in [1.54, 1.807) is 19.9 Å². The van der Waals surface area contributed by atoms with Gasteiger partial charge >= 0.3 is 0 Å². The predicted molar refractivity (Wildman–Crippen MR) is 63.1 cm³/mol. The molecule has 0 fully saturated rings. The van der Waals surface area contributed by atoms with Gasteiger partial charge in [-0.25, -0.2) is 9.97 Å². The number of carbonyl (C=O) groups excluding carboxylic acids is 1. The minimum absolute atomic E-state index is 0.181. The van der Waals surface area contributed by atoms with Gasteiger partial charge in [0.15, 0.2) is 0 Å². The summed E-state index contributed by atoms with van der Waals surface area (Å²) in [7, 11) is 0. The highest BCUT2D eigenvalue weighted by Gasteiger charge is 2.12. The molecule has 88 valence electrons. The van der Waals surface area contributed by atoms with E-state index in [1.165, 1.54) is 6.20 Å². The number of hydrogen-bond acceptors (Lipinski definition) is 4. The minimum Gasteiger partial charge on any atom is -0.290 e. The predicted octanol–water partition coefficient (Wildman–Crippen LogP) is 1.72. The Labute approximate surface area is 102 Å². The van der Waals surface area contributed by atoms with Crippen molar-refractivity contribution in [2.45, 2.75) is 13.8 Å². The first-order chi connectivity index (χ1) is 8.06. The summed E-state index contributed by atoms with van der Waals surface area (Å²) in [5.41, 5.74) is 1.82. The van der Waals surface area contributed by atoms with E-state index in [0.29, 0.717) is 17.0 Å². The molecule has 0 aliphatic heterocycles. The molecule has 0 spiro atoms. The maximum absolute atomic E-state index is 11.8. The largest absolute Gasteiger partial charge is 0.290 e. The Hall–Kier alpha value is -1.95. The number of amides is 1. The van der Waals surface area contributed by atoms with Crippen LogP contribution in [0.2, 0.25) is 5.15 Å². The van der Waals surface area contributed by atoms with E-state index in [0.717, 1.165) is 0 Å². The average Bonchev–Trinajstić information content (AvgIpc) is 2.62. The maximum Gasteiger partial charge on any atom is 0.261 e.